The van der Waals surface area contributed by atoms with E-state index in [1.54, 1.807) is 0 Å². The molecule has 0 fully saturated rings. The van der Waals surface area contributed by atoms with Crippen molar-refractivity contribution in [2.75, 3.05) is 59.9 Å². The number of hydrogen-bond donors (Lipinski definition) is 11. The molecule has 0 saturated heterocycles. The highest BCUT2D eigenvalue weighted by molar-refractivity contribution is 5.90. The average molecular weight is 1210 g/mol. The highest BCUT2D eigenvalue weighted by atomic mass is 16.6. The van der Waals surface area contributed by atoms with Crippen molar-refractivity contribution in [1.82, 2.24) is 26.3 Å². The molecule has 0 amide bonds. The Kier molecular flexibility index (Phi) is 18.9. The zero-order chi connectivity index (χ0) is 61.8. The molecular formula is C74H87N5O10. The van der Waals surface area contributed by atoms with Crippen LogP contribution in [0.5, 0.6) is 28.7 Å². The van der Waals surface area contributed by atoms with E-state index in [1.807, 2.05) is 62.6 Å². The summed E-state index contributed by atoms with van der Waals surface area (Å²) in [5.41, 5.74) is 12.3. The van der Waals surface area contributed by atoms with Gasteiger partial charge in [-0.05, 0) is 194 Å². The molecule has 0 radical (unpaired) electrons. The summed E-state index contributed by atoms with van der Waals surface area (Å²) in [5, 5.41) is 83.5. The maximum absolute atomic E-state index is 12.4. The van der Waals surface area contributed by atoms with E-state index in [1.165, 1.54) is 16.7 Å². The van der Waals surface area contributed by atoms with Gasteiger partial charge in [0, 0.05) is 79.1 Å². The Bertz CT molecular complexity index is 3750. The molecule has 4 heterocycles. The summed E-state index contributed by atoms with van der Waals surface area (Å²) >= 11 is 0. The third-order valence-electron chi connectivity index (χ3n) is 18.9. The third-order valence-corrected chi connectivity index (χ3v) is 18.9. The molecular weight excluding hydrogens is 1120 g/mol. The number of aliphatic hydroxyl groups is 4. The second-order valence-electron chi connectivity index (χ2n) is 25.8. The Morgan fingerprint density at radius 1 is 0.809 bits per heavy atom. The average Bonchev–Trinajstić information content (AvgIpc) is 1.21. The topological polar surface area (TPSA) is 222 Å². The predicted molar refractivity (Wildman–Crippen MR) is 348 cm³/mol. The summed E-state index contributed by atoms with van der Waals surface area (Å²) < 4.78 is 29.1. The lowest BCUT2D eigenvalue weighted by molar-refractivity contribution is -0.141. The number of rotatable bonds is 24. The molecule has 2 aliphatic carbocycles. The van der Waals surface area contributed by atoms with Crippen LogP contribution in [0.1, 0.15) is 126 Å². The molecule has 12 rings (SSSR count). The molecule has 8 atom stereocenters. The van der Waals surface area contributed by atoms with E-state index in [-0.39, 0.29) is 81.1 Å². The number of aryl methyl sites for hydroxylation is 3. The first-order chi connectivity index (χ1) is 43.3. The summed E-state index contributed by atoms with van der Waals surface area (Å²) in [6.07, 6.45) is 7.98. The maximum atomic E-state index is 12.4. The SMILES string of the molecule is CNCOC12Cc3c4c(c5c(c3OC1c1cc(CCc3ccccc3CCO)c(O)c(c1)OC(CO)CC#CC2NCNCC(C)(O)CC(C)C)CCC(CO)O5)-c1ccc(O)c2c1C(C4)C(c1ccc3[nH]ccc3c1)C(CNCCCc1ccccc1)=C2. The second-order valence-corrected chi connectivity index (χ2v) is 25.8. The van der Waals surface area contributed by atoms with Crippen molar-refractivity contribution in [2.24, 2.45) is 5.92 Å². The van der Waals surface area contributed by atoms with E-state index in [9.17, 15) is 30.6 Å². The highest BCUT2D eigenvalue weighted by Gasteiger charge is 2.55. The van der Waals surface area contributed by atoms with Gasteiger partial charge in [0.05, 0.1) is 25.5 Å². The Morgan fingerprint density at radius 2 is 1.61 bits per heavy atom. The molecule has 15 nitrogen and oxygen atoms in total. The van der Waals surface area contributed by atoms with Gasteiger partial charge in [-0.1, -0.05) is 92.4 Å². The van der Waals surface area contributed by atoms with Crippen LogP contribution in [-0.2, 0) is 49.7 Å². The Labute approximate surface area is 522 Å². The second kappa shape index (κ2) is 27.1. The Morgan fingerprint density at radius 3 is 2.39 bits per heavy atom. The Balaban J connectivity index is 1.04. The zero-order valence-corrected chi connectivity index (χ0v) is 51.8. The van der Waals surface area contributed by atoms with E-state index >= 15 is 0 Å². The van der Waals surface area contributed by atoms with Crippen molar-refractivity contribution in [3.63, 3.8) is 0 Å². The van der Waals surface area contributed by atoms with E-state index in [0.29, 0.717) is 80.7 Å². The van der Waals surface area contributed by atoms with Crippen LogP contribution in [0.4, 0.5) is 0 Å². The molecule has 1 aromatic heterocycles. The number of aromatic amines is 1. The molecule has 0 saturated carbocycles. The number of phenols is 2. The molecule has 6 aromatic carbocycles. The number of benzene rings is 6. The van der Waals surface area contributed by atoms with E-state index in [0.717, 1.165) is 80.4 Å². The summed E-state index contributed by atoms with van der Waals surface area (Å²) in [6, 6.07) is 34.4. The number of hydrogen-bond acceptors (Lipinski definition) is 14. The van der Waals surface area contributed by atoms with Crippen LogP contribution in [0.3, 0.4) is 0 Å². The number of aromatic nitrogens is 1. The van der Waals surface area contributed by atoms with Crippen LogP contribution in [0.25, 0.3) is 28.1 Å². The smallest absolute Gasteiger partial charge is 0.162 e. The van der Waals surface area contributed by atoms with Crippen LogP contribution in [0.15, 0.2) is 115 Å². The minimum absolute atomic E-state index is 0.00432. The zero-order valence-electron chi connectivity index (χ0n) is 51.8. The molecule has 7 aromatic rings. The van der Waals surface area contributed by atoms with Gasteiger partial charge in [-0.3, -0.25) is 10.6 Å². The number of aromatic hydroxyl groups is 2. The molecule has 11 N–H and O–H groups in total. The number of ether oxygens (including phenoxy) is 4. The monoisotopic (exact) mass is 1210 g/mol. The summed E-state index contributed by atoms with van der Waals surface area (Å²) in [4.78, 5) is 3.41. The predicted octanol–water partition coefficient (Wildman–Crippen LogP) is 9.35. The molecule has 0 spiro atoms. The normalized spacial score (nSPS) is 22.1. The molecule has 2 bridgehead atoms. The number of nitrogens with one attached hydrogen (secondary N) is 5. The minimum Gasteiger partial charge on any atom is -0.507 e. The molecule has 8 unspecified atom stereocenters. The van der Waals surface area contributed by atoms with Gasteiger partial charge in [0.15, 0.2) is 17.6 Å². The standard InChI is InChI=1S/C74H87N5O10/c1-45(2)37-73(3,85)42-77-43-79-65-18-10-17-54(40-81)87-64-35-52(33-51(69(64)84)20-19-47-15-8-9-16-48(47)28-31-80)72-74(65,86-44-75-4)38-61-58-36-60-66(50-21-25-62-49(32-50)27-30-78-62)53(39-76-29-11-14-46-12-6-5-7-13-46)34-59-63(83)26-24-56(67(59)60)68(58)71-57(70(61)89-72)23-22-55(41-82)88-71/h5-9,12-13,15-16,21,24-27,30,32-35,45,54-55,60,65-66,72,75-85H,11,14,17,19-20,22-23,28-29,31,36-44H2,1-4H3. The molecule has 89 heavy (non-hydrogen) atoms. The fourth-order valence-electron chi connectivity index (χ4n) is 15.0. The van der Waals surface area contributed by atoms with E-state index in [2.05, 4.69) is 119 Å². The lowest BCUT2D eigenvalue weighted by atomic mass is 9.62. The van der Waals surface area contributed by atoms with E-state index in [4.69, 9.17) is 18.9 Å². The van der Waals surface area contributed by atoms with E-state index < -0.39 is 35.6 Å². The third kappa shape index (κ3) is 12.8. The largest absolute Gasteiger partial charge is 0.507 e. The van der Waals surface area contributed by atoms with Crippen molar-refractivity contribution < 1.29 is 49.6 Å². The molecule has 3 aliphatic heterocycles. The van der Waals surface area contributed by atoms with Crippen molar-refractivity contribution in [1.29, 1.82) is 0 Å². The van der Waals surface area contributed by atoms with Crippen LogP contribution >= 0.6 is 0 Å². The van der Waals surface area contributed by atoms with Gasteiger partial charge in [-0.15, -0.1) is 0 Å². The first-order valence-corrected chi connectivity index (χ1v) is 32.1. The number of fused-ring (bicyclic) bond motifs is 12. The maximum Gasteiger partial charge on any atom is 0.162 e. The lowest BCUT2D eigenvalue weighted by Gasteiger charge is -2.50. The van der Waals surface area contributed by atoms with Crippen LogP contribution in [0.2, 0.25) is 0 Å². The summed E-state index contributed by atoms with van der Waals surface area (Å²) in [7, 11) is 1.85. The molecule has 15 heteroatoms. The van der Waals surface area contributed by atoms with Gasteiger partial charge < -0.3 is 65.2 Å². The van der Waals surface area contributed by atoms with Gasteiger partial charge in [-0.25, -0.2) is 0 Å². The highest BCUT2D eigenvalue weighted by Crippen LogP contribution is 2.62. The van der Waals surface area contributed by atoms with Gasteiger partial charge in [-0.2, -0.15) is 0 Å². The fraction of sp³-hybridized carbons (Fsp3) is 0.432. The first-order valence-electron chi connectivity index (χ1n) is 32.1. The van der Waals surface area contributed by atoms with Gasteiger partial charge in [0.25, 0.3) is 0 Å². The van der Waals surface area contributed by atoms with Gasteiger partial charge in [0.2, 0.25) is 0 Å². The Hall–Kier alpha value is -7.20. The number of aliphatic hydroxyl groups excluding tert-OH is 3. The fourth-order valence-corrected chi connectivity index (χ4v) is 15.0. The summed E-state index contributed by atoms with van der Waals surface area (Å²) in [5.74, 6) is 8.70. The summed E-state index contributed by atoms with van der Waals surface area (Å²) in [6.45, 7) is 7.56. The van der Waals surface area contributed by atoms with Crippen LogP contribution in [0, 0.1) is 17.8 Å². The van der Waals surface area contributed by atoms with Crippen molar-refractivity contribution >= 4 is 17.0 Å². The number of H-pyrrole nitrogens is 1. The number of phenolic OH excluding ortho intramolecular Hbond substituents is 2. The quantitative estimate of drug-likeness (QED) is 0.0154. The molecule has 468 valence electrons. The van der Waals surface area contributed by atoms with Gasteiger partial charge in [0.1, 0.15) is 41.1 Å². The lowest BCUT2D eigenvalue weighted by Crippen LogP contribution is -2.62. The van der Waals surface area contributed by atoms with Crippen LogP contribution < -0.4 is 35.5 Å². The molecule has 5 aliphatic rings. The minimum atomic E-state index is -1.35. The van der Waals surface area contributed by atoms with Crippen molar-refractivity contribution in [2.45, 2.75) is 139 Å². The van der Waals surface area contributed by atoms with Crippen LogP contribution in [-0.4, -0.2) is 125 Å². The van der Waals surface area contributed by atoms with Crippen molar-refractivity contribution in [3.05, 3.63) is 176 Å². The van der Waals surface area contributed by atoms with Crippen molar-refractivity contribution in [3.8, 4) is 51.7 Å². The van der Waals surface area contributed by atoms with Gasteiger partial charge >= 0.3 is 0 Å². The first kappa shape index (κ1) is 62.0.